The van der Waals surface area contributed by atoms with E-state index in [4.69, 9.17) is 0 Å². The largest absolute Gasteiger partial charge is 0.302 e. The molecule has 0 aromatic carbocycles. The maximum Gasteiger partial charge on any atom is 0.226 e. The van der Waals surface area contributed by atoms with E-state index in [1.165, 1.54) is 17.8 Å². The summed E-state index contributed by atoms with van der Waals surface area (Å²) >= 11 is 1.52. The van der Waals surface area contributed by atoms with Crippen LogP contribution in [0.4, 0.5) is 5.13 Å². The third-order valence-electron chi connectivity index (χ3n) is 3.82. The van der Waals surface area contributed by atoms with Gasteiger partial charge >= 0.3 is 0 Å². The van der Waals surface area contributed by atoms with Gasteiger partial charge in [0.05, 0.1) is 5.69 Å². The van der Waals surface area contributed by atoms with Crippen molar-refractivity contribution in [2.45, 2.75) is 54.0 Å². The van der Waals surface area contributed by atoms with Gasteiger partial charge in [-0.15, -0.1) is 11.3 Å². The van der Waals surface area contributed by atoms with Gasteiger partial charge in [-0.2, -0.15) is 0 Å². The fourth-order valence-corrected chi connectivity index (χ4v) is 3.95. The number of piperidine rings is 1. The zero-order valence-electron chi connectivity index (χ0n) is 14.5. The van der Waals surface area contributed by atoms with Gasteiger partial charge in [0.25, 0.3) is 0 Å². The summed E-state index contributed by atoms with van der Waals surface area (Å²) in [6.45, 7) is 14.0. The van der Waals surface area contributed by atoms with E-state index in [-0.39, 0.29) is 11.3 Å². The number of nitrogens with one attached hydrogen (secondary N) is 1. The molecule has 0 spiro atoms. The first-order chi connectivity index (χ1) is 10.2. The van der Waals surface area contributed by atoms with Crippen LogP contribution in [0.5, 0.6) is 0 Å². The number of aromatic nitrogens is 1. The Morgan fingerprint density at radius 2 is 2.00 bits per heavy atom. The van der Waals surface area contributed by atoms with Gasteiger partial charge in [-0.3, -0.25) is 9.69 Å². The van der Waals surface area contributed by atoms with Crippen LogP contribution in [0.15, 0.2) is 5.38 Å². The molecule has 4 nitrogen and oxygen atoms in total. The molecule has 1 aromatic rings. The molecule has 5 heteroatoms. The molecule has 0 saturated carbocycles. The summed E-state index contributed by atoms with van der Waals surface area (Å²) in [4.78, 5) is 19.0. The lowest BCUT2D eigenvalue weighted by Gasteiger charge is -2.34. The Morgan fingerprint density at radius 3 is 2.59 bits per heavy atom. The van der Waals surface area contributed by atoms with Crippen LogP contribution < -0.4 is 5.32 Å². The van der Waals surface area contributed by atoms with Crippen molar-refractivity contribution in [1.29, 1.82) is 0 Å². The normalized spacial score (nSPS) is 23.5. The van der Waals surface area contributed by atoms with Gasteiger partial charge < -0.3 is 5.32 Å². The van der Waals surface area contributed by atoms with Gasteiger partial charge in [0.15, 0.2) is 5.13 Å². The fraction of sp³-hybridized carbons (Fsp3) is 0.765. The number of amides is 1. The summed E-state index contributed by atoms with van der Waals surface area (Å²) in [5.41, 5.74) is 1.07. The number of carbonyl (C=O) groups is 1. The van der Waals surface area contributed by atoms with Crippen molar-refractivity contribution in [3.8, 4) is 0 Å². The van der Waals surface area contributed by atoms with Gasteiger partial charge in [0, 0.05) is 31.4 Å². The second kappa shape index (κ2) is 7.09. The molecule has 1 aliphatic heterocycles. The zero-order valence-corrected chi connectivity index (χ0v) is 15.3. The number of nitrogens with zero attached hydrogens (tertiary/aromatic N) is 2. The molecule has 2 atom stereocenters. The smallest absolute Gasteiger partial charge is 0.226 e. The third-order valence-corrected chi connectivity index (χ3v) is 4.63. The maximum absolute atomic E-state index is 12.0. The molecule has 0 bridgehead atoms. The minimum Gasteiger partial charge on any atom is -0.302 e. The van der Waals surface area contributed by atoms with E-state index in [9.17, 15) is 4.79 Å². The molecule has 1 N–H and O–H groups in total. The summed E-state index contributed by atoms with van der Waals surface area (Å²) in [6.07, 6.45) is 1.84. The molecule has 1 saturated heterocycles. The predicted molar refractivity (Wildman–Crippen MR) is 93.0 cm³/mol. The van der Waals surface area contributed by atoms with Crippen molar-refractivity contribution in [2.75, 3.05) is 18.4 Å². The Bertz CT molecular complexity index is 496. The molecule has 0 radical (unpaired) electrons. The lowest BCUT2D eigenvalue weighted by Crippen LogP contribution is -2.38. The van der Waals surface area contributed by atoms with Crippen molar-refractivity contribution in [3.63, 3.8) is 0 Å². The summed E-state index contributed by atoms with van der Waals surface area (Å²) in [6, 6.07) is 0. The highest BCUT2D eigenvalue weighted by Crippen LogP contribution is 2.24. The Morgan fingerprint density at radius 1 is 1.36 bits per heavy atom. The summed E-state index contributed by atoms with van der Waals surface area (Å²) in [5.74, 6) is 1.57. The van der Waals surface area contributed by atoms with E-state index in [1.807, 2.05) is 0 Å². The van der Waals surface area contributed by atoms with E-state index in [0.29, 0.717) is 6.42 Å². The molecular formula is C17H29N3OS. The van der Waals surface area contributed by atoms with Crippen LogP contribution in [0.3, 0.4) is 0 Å². The highest BCUT2D eigenvalue weighted by atomic mass is 32.1. The first-order valence-corrected chi connectivity index (χ1v) is 9.06. The zero-order chi connectivity index (χ0) is 16.3. The van der Waals surface area contributed by atoms with E-state index in [0.717, 1.165) is 42.3 Å². The van der Waals surface area contributed by atoms with Gasteiger partial charge in [0.1, 0.15) is 0 Å². The topological polar surface area (TPSA) is 45.2 Å². The monoisotopic (exact) mass is 323 g/mol. The number of thiazole rings is 1. The van der Waals surface area contributed by atoms with E-state index in [1.54, 1.807) is 0 Å². The number of likely N-dealkylation sites (tertiary alicyclic amines) is 1. The van der Waals surface area contributed by atoms with Crippen molar-refractivity contribution < 1.29 is 4.79 Å². The van der Waals surface area contributed by atoms with Crippen molar-refractivity contribution in [1.82, 2.24) is 9.88 Å². The number of rotatable bonds is 4. The number of anilines is 1. The summed E-state index contributed by atoms with van der Waals surface area (Å²) < 4.78 is 0. The molecule has 22 heavy (non-hydrogen) atoms. The van der Waals surface area contributed by atoms with Gasteiger partial charge in [-0.1, -0.05) is 34.6 Å². The quantitative estimate of drug-likeness (QED) is 0.911. The Labute approximate surface area is 138 Å². The van der Waals surface area contributed by atoms with Crippen molar-refractivity contribution in [3.05, 3.63) is 11.1 Å². The number of hydrogen-bond acceptors (Lipinski definition) is 4. The molecule has 1 fully saturated rings. The number of carbonyl (C=O) groups excluding carboxylic acids is 1. The highest BCUT2D eigenvalue weighted by Gasteiger charge is 2.22. The minimum absolute atomic E-state index is 0.00422. The summed E-state index contributed by atoms with van der Waals surface area (Å²) in [7, 11) is 0. The van der Waals surface area contributed by atoms with Gasteiger partial charge in [0.2, 0.25) is 5.91 Å². The first-order valence-electron chi connectivity index (χ1n) is 8.18. The van der Waals surface area contributed by atoms with Crippen LogP contribution in [0.25, 0.3) is 0 Å². The van der Waals surface area contributed by atoms with Crippen LogP contribution in [0, 0.1) is 17.3 Å². The van der Waals surface area contributed by atoms with Crippen molar-refractivity contribution in [2.24, 2.45) is 17.3 Å². The van der Waals surface area contributed by atoms with Crippen LogP contribution in [0.1, 0.15) is 53.2 Å². The standard InChI is InChI=1S/C17H29N3OS/c1-12-6-13(2)9-20(8-12)10-14-11-22-16(18-14)19-15(21)7-17(3,4)5/h11-13H,6-10H2,1-5H3,(H,18,19,21)/t12-,13+. The van der Waals surface area contributed by atoms with Crippen molar-refractivity contribution >= 4 is 22.4 Å². The Kier molecular flexibility index (Phi) is 5.61. The molecule has 2 rings (SSSR count). The molecule has 0 unspecified atom stereocenters. The average Bonchev–Trinajstić information content (AvgIpc) is 2.71. The summed E-state index contributed by atoms with van der Waals surface area (Å²) in [5, 5.41) is 5.71. The van der Waals surface area contributed by atoms with Crippen LogP contribution in [-0.2, 0) is 11.3 Å². The third kappa shape index (κ3) is 5.69. The molecule has 124 valence electrons. The van der Waals surface area contributed by atoms with Gasteiger partial charge in [-0.25, -0.2) is 4.98 Å². The Balaban J connectivity index is 1.87. The van der Waals surface area contributed by atoms with E-state index >= 15 is 0 Å². The van der Waals surface area contributed by atoms with E-state index < -0.39 is 0 Å². The highest BCUT2D eigenvalue weighted by molar-refractivity contribution is 7.13. The molecule has 1 aliphatic rings. The molecule has 2 heterocycles. The van der Waals surface area contributed by atoms with E-state index in [2.05, 4.69) is 55.2 Å². The molecule has 0 aliphatic carbocycles. The second-order valence-corrected chi connectivity index (χ2v) is 8.93. The van der Waals surface area contributed by atoms with Crippen LogP contribution in [0.2, 0.25) is 0 Å². The average molecular weight is 324 g/mol. The van der Waals surface area contributed by atoms with Crippen LogP contribution >= 0.6 is 11.3 Å². The molecule has 1 amide bonds. The second-order valence-electron chi connectivity index (χ2n) is 8.07. The molecular weight excluding hydrogens is 294 g/mol. The van der Waals surface area contributed by atoms with Crippen LogP contribution in [-0.4, -0.2) is 28.9 Å². The molecule has 1 aromatic heterocycles. The Hall–Kier alpha value is -0.940. The lowest BCUT2D eigenvalue weighted by molar-refractivity contribution is -0.117. The fourth-order valence-electron chi connectivity index (χ4n) is 3.23. The SMILES string of the molecule is C[C@@H]1C[C@H](C)CN(Cc2csc(NC(=O)CC(C)(C)C)n2)C1. The first kappa shape index (κ1) is 17.4. The lowest BCUT2D eigenvalue weighted by atomic mass is 9.92. The maximum atomic E-state index is 12.0. The number of hydrogen-bond donors (Lipinski definition) is 1. The van der Waals surface area contributed by atoms with Gasteiger partial charge in [-0.05, 0) is 23.7 Å². The minimum atomic E-state index is 0.00422. The predicted octanol–water partition coefficient (Wildman–Crippen LogP) is 4.00.